The van der Waals surface area contributed by atoms with E-state index in [4.69, 9.17) is 17.3 Å². The molecular weight excluding hydrogens is 351 g/mol. The number of benzene rings is 1. The molecule has 108 valence electrons. The third kappa shape index (κ3) is 4.95. The molecule has 0 aliphatic rings. The molecule has 0 aliphatic heterocycles. The minimum absolute atomic E-state index is 0. The van der Waals surface area contributed by atoms with Gasteiger partial charge in [0.25, 0.3) is 5.91 Å². The number of hydrogen-bond acceptors (Lipinski definition) is 2. The number of hydrogen-bond donors (Lipinski definition) is 1. The van der Waals surface area contributed by atoms with Crippen LogP contribution in [-0.2, 0) is 0 Å². The van der Waals surface area contributed by atoms with Crippen LogP contribution in [0.1, 0.15) is 24.2 Å². The molecule has 0 aliphatic carbocycles. The van der Waals surface area contributed by atoms with E-state index >= 15 is 0 Å². The fraction of sp³-hybridized carbons (Fsp3) is 0.462. The zero-order chi connectivity index (χ0) is 13.9. The van der Waals surface area contributed by atoms with E-state index in [2.05, 4.69) is 15.9 Å². The second-order valence-electron chi connectivity index (χ2n) is 5.13. The Morgan fingerprint density at radius 3 is 2.58 bits per heavy atom. The van der Waals surface area contributed by atoms with Gasteiger partial charge in [-0.2, -0.15) is 0 Å². The van der Waals surface area contributed by atoms with Gasteiger partial charge in [0.2, 0.25) is 0 Å². The van der Waals surface area contributed by atoms with Gasteiger partial charge in [-0.15, -0.1) is 12.4 Å². The Bertz CT molecular complexity index is 452. The number of rotatable bonds is 4. The summed E-state index contributed by atoms with van der Waals surface area (Å²) in [5.41, 5.74) is 6.07. The van der Waals surface area contributed by atoms with Gasteiger partial charge in [0.05, 0.1) is 10.6 Å². The summed E-state index contributed by atoms with van der Waals surface area (Å²) in [6.45, 7) is 5.17. The lowest BCUT2D eigenvalue weighted by Crippen LogP contribution is -2.39. The number of nitrogens with zero attached hydrogens (tertiary/aromatic N) is 1. The van der Waals surface area contributed by atoms with Crippen molar-refractivity contribution >= 4 is 45.8 Å². The number of amides is 1. The molecule has 0 spiro atoms. The minimum atomic E-state index is -0.108. The van der Waals surface area contributed by atoms with Crippen molar-refractivity contribution in [3.63, 3.8) is 0 Å². The predicted molar refractivity (Wildman–Crippen MR) is 86.2 cm³/mol. The second kappa shape index (κ2) is 7.48. The van der Waals surface area contributed by atoms with Crippen LogP contribution < -0.4 is 5.73 Å². The maximum atomic E-state index is 12.3. The van der Waals surface area contributed by atoms with Crippen molar-refractivity contribution < 1.29 is 4.79 Å². The van der Waals surface area contributed by atoms with Crippen molar-refractivity contribution in [2.75, 3.05) is 20.1 Å². The van der Waals surface area contributed by atoms with Gasteiger partial charge < -0.3 is 10.6 Å². The lowest BCUT2D eigenvalue weighted by Gasteiger charge is -2.29. The van der Waals surface area contributed by atoms with E-state index in [1.807, 2.05) is 19.9 Å². The number of nitrogens with two attached hydrogens (primary N) is 1. The molecule has 1 aromatic carbocycles. The molecule has 6 heteroatoms. The van der Waals surface area contributed by atoms with Crippen LogP contribution in [0.25, 0.3) is 0 Å². The molecule has 0 saturated heterocycles. The largest absolute Gasteiger partial charge is 0.341 e. The quantitative estimate of drug-likeness (QED) is 0.881. The third-order valence-corrected chi connectivity index (χ3v) is 4.04. The number of halogens is 3. The van der Waals surface area contributed by atoms with Crippen molar-refractivity contribution in [3.05, 3.63) is 33.3 Å². The summed E-state index contributed by atoms with van der Waals surface area (Å²) in [7, 11) is 1.76. The molecular formula is C13H19BrCl2N2O. The van der Waals surface area contributed by atoms with Gasteiger partial charge in [0.1, 0.15) is 0 Å². The lowest BCUT2D eigenvalue weighted by molar-refractivity contribution is 0.0740. The zero-order valence-electron chi connectivity index (χ0n) is 11.2. The third-order valence-electron chi connectivity index (χ3n) is 2.75. The van der Waals surface area contributed by atoms with Crippen LogP contribution in [0.2, 0.25) is 5.02 Å². The van der Waals surface area contributed by atoms with Crippen LogP contribution in [0.15, 0.2) is 22.7 Å². The van der Waals surface area contributed by atoms with E-state index in [-0.39, 0.29) is 23.7 Å². The first-order valence-electron chi connectivity index (χ1n) is 5.68. The van der Waals surface area contributed by atoms with Gasteiger partial charge in [0.15, 0.2) is 0 Å². The Morgan fingerprint density at radius 2 is 2.05 bits per heavy atom. The lowest BCUT2D eigenvalue weighted by atomic mass is 9.93. The summed E-state index contributed by atoms with van der Waals surface area (Å²) in [5, 5.41) is 0.444. The Balaban J connectivity index is 0.00000324. The fourth-order valence-electron chi connectivity index (χ4n) is 1.65. The van der Waals surface area contributed by atoms with Crippen molar-refractivity contribution in [1.29, 1.82) is 0 Å². The van der Waals surface area contributed by atoms with Crippen molar-refractivity contribution in [2.24, 2.45) is 11.1 Å². The molecule has 19 heavy (non-hydrogen) atoms. The highest BCUT2D eigenvalue weighted by molar-refractivity contribution is 9.10. The molecule has 0 unspecified atom stereocenters. The molecule has 0 heterocycles. The van der Waals surface area contributed by atoms with Crippen molar-refractivity contribution in [1.82, 2.24) is 4.90 Å². The van der Waals surface area contributed by atoms with Crippen LogP contribution in [-0.4, -0.2) is 30.9 Å². The SMILES string of the molecule is CN(CC(C)(C)CN)C(=O)c1cccc(Br)c1Cl.Cl. The van der Waals surface area contributed by atoms with Crippen LogP contribution in [0.3, 0.4) is 0 Å². The first-order valence-corrected chi connectivity index (χ1v) is 6.85. The predicted octanol–water partition coefficient (Wildman–Crippen LogP) is 3.58. The average Bonchev–Trinajstić information content (AvgIpc) is 2.31. The van der Waals surface area contributed by atoms with E-state index in [0.717, 1.165) is 4.47 Å². The normalized spacial score (nSPS) is 10.8. The topological polar surface area (TPSA) is 46.3 Å². The van der Waals surface area contributed by atoms with Crippen molar-refractivity contribution in [2.45, 2.75) is 13.8 Å². The highest BCUT2D eigenvalue weighted by Gasteiger charge is 2.23. The number of carbonyl (C=O) groups excluding carboxylic acids is 1. The molecule has 3 nitrogen and oxygen atoms in total. The molecule has 0 aromatic heterocycles. The van der Waals surface area contributed by atoms with E-state index in [1.165, 1.54) is 0 Å². The summed E-state index contributed by atoms with van der Waals surface area (Å²) < 4.78 is 0.724. The molecule has 0 radical (unpaired) electrons. The summed E-state index contributed by atoms with van der Waals surface area (Å²) in [6.07, 6.45) is 0. The smallest absolute Gasteiger partial charge is 0.255 e. The maximum absolute atomic E-state index is 12.3. The van der Waals surface area contributed by atoms with E-state index in [9.17, 15) is 4.79 Å². The first kappa shape index (κ1) is 18.7. The van der Waals surface area contributed by atoms with Gasteiger partial charge in [-0.3, -0.25) is 4.79 Å². The van der Waals surface area contributed by atoms with Crippen LogP contribution in [0.4, 0.5) is 0 Å². The molecule has 0 bridgehead atoms. The van der Waals surface area contributed by atoms with Gasteiger partial charge in [-0.25, -0.2) is 0 Å². The zero-order valence-corrected chi connectivity index (χ0v) is 14.4. The molecule has 0 atom stereocenters. The van der Waals surface area contributed by atoms with Gasteiger partial charge in [0, 0.05) is 18.1 Å². The molecule has 0 fully saturated rings. The maximum Gasteiger partial charge on any atom is 0.255 e. The van der Waals surface area contributed by atoms with Crippen LogP contribution in [0.5, 0.6) is 0 Å². The average molecular weight is 370 g/mol. The van der Waals surface area contributed by atoms with Gasteiger partial charge in [-0.1, -0.05) is 31.5 Å². The first-order chi connectivity index (χ1) is 8.28. The van der Waals surface area contributed by atoms with E-state index in [0.29, 0.717) is 23.7 Å². The molecule has 1 rings (SSSR count). The van der Waals surface area contributed by atoms with E-state index in [1.54, 1.807) is 24.1 Å². The monoisotopic (exact) mass is 368 g/mol. The van der Waals surface area contributed by atoms with Crippen LogP contribution >= 0.6 is 39.9 Å². The fourth-order valence-corrected chi connectivity index (χ4v) is 2.23. The Labute approximate surface area is 134 Å². The minimum Gasteiger partial charge on any atom is -0.341 e. The van der Waals surface area contributed by atoms with Crippen LogP contribution in [0, 0.1) is 5.41 Å². The van der Waals surface area contributed by atoms with Gasteiger partial charge >= 0.3 is 0 Å². The Hall–Kier alpha value is -0.290. The Kier molecular flexibility index (Phi) is 7.37. The number of carbonyl (C=O) groups is 1. The van der Waals surface area contributed by atoms with Crippen molar-refractivity contribution in [3.8, 4) is 0 Å². The second-order valence-corrected chi connectivity index (χ2v) is 6.36. The summed E-state index contributed by atoms with van der Waals surface area (Å²) in [4.78, 5) is 13.9. The van der Waals surface area contributed by atoms with E-state index < -0.39 is 0 Å². The molecule has 2 N–H and O–H groups in total. The highest BCUT2D eigenvalue weighted by Crippen LogP contribution is 2.27. The summed E-state index contributed by atoms with van der Waals surface area (Å²) in [6, 6.07) is 5.33. The molecule has 1 amide bonds. The Morgan fingerprint density at radius 1 is 1.47 bits per heavy atom. The highest BCUT2D eigenvalue weighted by atomic mass is 79.9. The van der Waals surface area contributed by atoms with Gasteiger partial charge in [-0.05, 0) is 40.0 Å². The summed E-state index contributed by atoms with van der Waals surface area (Å²) >= 11 is 9.43. The standard InChI is InChI=1S/C13H18BrClN2O.ClH/c1-13(2,7-16)8-17(3)12(18)9-5-4-6-10(14)11(9)15;/h4-6H,7-8,16H2,1-3H3;1H. The molecule has 1 aromatic rings. The summed E-state index contributed by atoms with van der Waals surface area (Å²) in [5.74, 6) is -0.0946. The molecule has 0 saturated carbocycles.